The van der Waals surface area contributed by atoms with Gasteiger partial charge in [0.15, 0.2) is 11.6 Å². The van der Waals surface area contributed by atoms with Crippen LogP contribution in [0.1, 0.15) is 35.5 Å². The molecule has 0 radical (unpaired) electrons. The smallest absolute Gasteiger partial charge is 0.339 e. The van der Waals surface area contributed by atoms with Gasteiger partial charge in [-0.2, -0.15) is 5.10 Å². The maximum Gasteiger partial charge on any atom is 0.339 e. The van der Waals surface area contributed by atoms with Crippen LogP contribution in [0.2, 0.25) is 0 Å². The summed E-state index contributed by atoms with van der Waals surface area (Å²) in [6.07, 6.45) is 2.72. The van der Waals surface area contributed by atoms with Crippen molar-refractivity contribution in [3.63, 3.8) is 0 Å². The number of fused-ring (bicyclic) bond motifs is 1. The number of nitrogens with one attached hydrogen (secondary N) is 1. The third kappa shape index (κ3) is 2.90. The molecule has 0 bridgehead atoms. The average molecular weight is 347 g/mol. The summed E-state index contributed by atoms with van der Waals surface area (Å²) in [6.45, 7) is 3.82. The number of benzene rings is 1. The van der Waals surface area contributed by atoms with Crippen LogP contribution in [0, 0.1) is 11.6 Å². The lowest BCUT2D eigenvalue weighted by atomic mass is 9.84. The lowest BCUT2D eigenvalue weighted by Gasteiger charge is -2.28. The zero-order valence-corrected chi connectivity index (χ0v) is 13.5. The van der Waals surface area contributed by atoms with Crippen molar-refractivity contribution in [3.05, 3.63) is 59.1 Å². The number of hydrogen-bond donors (Lipinski definition) is 2. The van der Waals surface area contributed by atoms with Crippen LogP contribution >= 0.6 is 0 Å². The minimum atomic E-state index is -1.23. The number of aliphatic carboxylic acids is 1. The van der Waals surface area contributed by atoms with Crippen LogP contribution in [0.4, 0.5) is 8.78 Å². The fourth-order valence-corrected chi connectivity index (χ4v) is 2.87. The normalized spacial score (nSPS) is 16.0. The molecule has 3 rings (SSSR count). The Labute approximate surface area is 141 Å². The third-order valence-corrected chi connectivity index (χ3v) is 4.15. The van der Waals surface area contributed by atoms with Gasteiger partial charge in [0, 0.05) is 29.3 Å². The highest BCUT2D eigenvalue weighted by atomic mass is 19.2. The molecule has 25 heavy (non-hydrogen) atoms. The third-order valence-electron chi connectivity index (χ3n) is 4.15. The Morgan fingerprint density at radius 2 is 2.00 bits per heavy atom. The molecular weight excluding hydrogens is 332 g/mol. The van der Waals surface area contributed by atoms with Crippen molar-refractivity contribution in [3.8, 4) is 0 Å². The Balaban J connectivity index is 2.08. The fraction of sp³-hybridized carbons (Fsp3) is 0.235. The Hall–Kier alpha value is -3.03. The number of amides is 1. The number of halogens is 2. The monoisotopic (exact) mass is 347 g/mol. The van der Waals surface area contributed by atoms with Gasteiger partial charge in [-0.25, -0.2) is 13.6 Å². The van der Waals surface area contributed by atoms with Gasteiger partial charge in [-0.15, -0.1) is 0 Å². The second-order valence-corrected chi connectivity index (χ2v) is 6.45. The number of H-pyrrole nitrogens is 1. The van der Waals surface area contributed by atoms with E-state index in [1.54, 1.807) is 0 Å². The second-order valence-electron chi connectivity index (χ2n) is 6.45. The quantitative estimate of drug-likeness (QED) is 0.874. The van der Waals surface area contributed by atoms with Crippen molar-refractivity contribution < 1.29 is 23.5 Å². The molecule has 8 heteroatoms. The molecule has 130 valence electrons. The summed E-state index contributed by atoms with van der Waals surface area (Å²) in [6, 6.07) is 2.82. The van der Waals surface area contributed by atoms with Gasteiger partial charge < -0.3 is 10.0 Å². The van der Waals surface area contributed by atoms with Crippen LogP contribution in [0.15, 0.2) is 30.6 Å². The molecule has 2 heterocycles. The second kappa shape index (κ2) is 5.80. The molecule has 2 aromatic rings. The van der Waals surface area contributed by atoms with Crippen LogP contribution < -0.4 is 0 Å². The number of aromatic amines is 1. The van der Waals surface area contributed by atoms with E-state index in [1.807, 2.05) is 13.8 Å². The zero-order valence-electron chi connectivity index (χ0n) is 13.5. The van der Waals surface area contributed by atoms with Crippen LogP contribution in [-0.4, -0.2) is 38.6 Å². The van der Waals surface area contributed by atoms with Crippen molar-refractivity contribution in [1.29, 1.82) is 0 Å². The number of carbonyl (C=O) groups is 2. The predicted octanol–water partition coefficient (Wildman–Crippen LogP) is 2.55. The molecule has 6 nitrogen and oxygen atoms in total. The number of carbonyl (C=O) groups excluding carboxylic acids is 1. The van der Waals surface area contributed by atoms with Gasteiger partial charge in [0.05, 0.1) is 11.9 Å². The highest BCUT2D eigenvalue weighted by molar-refractivity contribution is 6.16. The summed E-state index contributed by atoms with van der Waals surface area (Å²) >= 11 is 0. The molecule has 0 spiro atoms. The van der Waals surface area contributed by atoms with Crippen molar-refractivity contribution in [1.82, 2.24) is 15.1 Å². The molecule has 1 aromatic carbocycles. The van der Waals surface area contributed by atoms with E-state index in [9.17, 15) is 23.5 Å². The van der Waals surface area contributed by atoms with Crippen LogP contribution in [0.3, 0.4) is 0 Å². The molecule has 1 aliphatic rings. The Morgan fingerprint density at radius 1 is 1.28 bits per heavy atom. The fourth-order valence-electron chi connectivity index (χ4n) is 2.87. The van der Waals surface area contributed by atoms with Crippen LogP contribution in [0.25, 0.3) is 5.57 Å². The summed E-state index contributed by atoms with van der Waals surface area (Å²) in [5.74, 6) is -4.05. The summed E-state index contributed by atoms with van der Waals surface area (Å²) < 4.78 is 26.5. The minimum absolute atomic E-state index is 0.0700. The summed E-state index contributed by atoms with van der Waals surface area (Å²) in [7, 11) is 0. The van der Waals surface area contributed by atoms with Gasteiger partial charge in [-0.1, -0.05) is 13.8 Å². The first-order chi connectivity index (χ1) is 11.7. The van der Waals surface area contributed by atoms with E-state index in [4.69, 9.17) is 0 Å². The zero-order chi connectivity index (χ0) is 18.4. The van der Waals surface area contributed by atoms with Gasteiger partial charge in [-0.05, 0) is 18.2 Å². The van der Waals surface area contributed by atoms with Crippen LogP contribution in [0.5, 0.6) is 0 Å². The van der Waals surface area contributed by atoms with Gasteiger partial charge >= 0.3 is 5.97 Å². The molecule has 1 amide bonds. The van der Waals surface area contributed by atoms with E-state index in [1.165, 1.54) is 17.3 Å². The number of aromatic nitrogens is 2. The summed E-state index contributed by atoms with van der Waals surface area (Å²) in [5.41, 5.74) is 0.165. The summed E-state index contributed by atoms with van der Waals surface area (Å²) in [5, 5.41) is 16.0. The Morgan fingerprint density at radius 3 is 2.64 bits per heavy atom. The van der Waals surface area contributed by atoms with Crippen molar-refractivity contribution >= 4 is 17.4 Å². The van der Waals surface area contributed by atoms with E-state index in [2.05, 4.69) is 10.2 Å². The molecule has 0 atom stereocenters. The van der Waals surface area contributed by atoms with Gasteiger partial charge in [-0.3, -0.25) is 9.89 Å². The van der Waals surface area contributed by atoms with Crippen molar-refractivity contribution in [2.45, 2.75) is 19.3 Å². The molecule has 0 saturated carbocycles. The molecular formula is C17H15F2N3O3. The first-order valence-electron chi connectivity index (χ1n) is 7.46. The molecule has 2 N–H and O–H groups in total. The van der Waals surface area contributed by atoms with Gasteiger partial charge in [0.25, 0.3) is 5.91 Å². The molecule has 0 aliphatic carbocycles. The van der Waals surface area contributed by atoms with E-state index >= 15 is 0 Å². The van der Waals surface area contributed by atoms with E-state index < -0.39 is 28.9 Å². The number of hydrogen-bond acceptors (Lipinski definition) is 3. The van der Waals surface area contributed by atoms with E-state index in [-0.39, 0.29) is 17.7 Å². The van der Waals surface area contributed by atoms with Crippen molar-refractivity contribution in [2.75, 3.05) is 6.54 Å². The highest BCUT2D eigenvalue weighted by Gasteiger charge is 2.35. The first kappa shape index (κ1) is 16.8. The van der Waals surface area contributed by atoms with Gasteiger partial charge in [0.1, 0.15) is 5.57 Å². The number of rotatable bonds is 2. The lowest BCUT2D eigenvalue weighted by Crippen LogP contribution is -2.36. The first-order valence-corrected chi connectivity index (χ1v) is 7.46. The average Bonchev–Trinajstić information content (AvgIpc) is 2.99. The standard InChI is InChI=1S/C17H15F2N3O3/c1-17(2)8-22(15(23)9-3-4-12(18)13(19)5-9)7-10(16(24)25)14-11(17)6-20-21-14/h3-7H,8H2,1-2H3,(H,20,21)(H,24,25). The number of carboxylic acids is 1. The Kier molecular flexibility index (Phi) is 3.90. The maximum absolute atomic E-state index is 13.4. The van der Waals surface area contributed by atoms with Crippen molar-refractivity contribution in [2.24, 2.45) is 0 Å². The van der Waals surface area contributed by atoms with Gasteiger partial charge in [0.2, 0.25) is 0 Å². The molecule has 0 saturated heterocycles. The van der Waals surface area contributed by atoms with E-state index in [0.717, 1.165) is 18.2 Å². The largest absolute Gasteiger partial charge is 0.478 e. The lowest BCUT2D eigenvalue weighted by molar-refractivity contribution is -0.130. The summed E-state index contributed by atoms with van der Waals surface area (Å²) in [4.78, 5) is 25.5. The minimum Gasteiger partial charge on any atom is -0.478 e. The molecule has 0 fully saturated rings. The number of carboxylic acid groups (broad SMARTS) is 1. The predicted molar refractivity (Wildman–Crippen MR) is 84.6 cm³/mol. The molecule has 0 unspecified atom stereocenters. The topological polar surface area (TPSA) is 86.3 Å². The van der Waals surface area contributed by atoms with Crippen LogP contribution in [-0.2, 0) is 10.2 Å². The Bertz CT molecular complexity index is 902. The maximum atomic E-state index is 13.4. The molecule has 1 aromatic heterocycles. The van der Waals surface area contributed by atoms with E-state index in [0.29, 0.717) is 11.3 Å². The number of nitrogens with zero attached hydrogens (tertiary/aromatic N) is 2. The highest BCUT2D eigenvalue weighted by Crippen LogP contribution is 2.34. The molecule has 1 aliphatic heterocycles. The SMILES string of the molecule is CC1(C)CN(C(=O)c2ccc(F)c(F)c2)C=C(C(=O)O)c2[nH]ncc21.